The summed E-state index contributed by atoms with van der Waals surface area (Å²) >= 11 is 0. The molecule has 18 heavy (non-hydrogen) atoms. The van der Waals surface area contributed by atoms with Gasteiger partial charge < -0.3 is 10.1 Å². The van der Waals surface area contributed by atoms with Crippen molar-refractivity contribution >= 4 is 0 Å². The summed E-state index contributed by atoms with van der Waals surface area (Å²) in [4.78, 5) is 0. The molecule has 0 bridgehead atoms. The molecule has 2 rings (SSSR count). The molecule has 0 aromatic heterocycles. The predicted octanol–water partition coefficient (Wildman–Crippen LogP) is 3.01. The van der Waals surface area contributed by atoms with Gasteiger partial charge in [-0.3, -0.25) is 0 Å². The summed E-state index contributed by atoms with van der Waals surface area (Å²) in [7, 11) is 2.88. The Balaban J connectivity index is 2.56. The first-order valence-corrected chi connectivity index (χ1v) is 5.87. The number of alkyl halides is 3. The standard InChI is InChI=1S/C13H16F3NO/c1-17-12(13(14,15)16)7-3-4-9-8-10(18-2)5-6-11(9)12/h5-6,8,17H,3-4,7H2,1-2H3. The Labute approximate surface area is 104 Å². The van der Waals surface area contributed by atoms with Crippen LogP contribution >= 0.6 is 0 Å². The molecule has 5 heteroatoms. The Morgan fingerprint density at radius 2 is 2.06 bits per heavy atom. The Hall–Kier alpha value is -1.23. The van der Waals surface area contributed by atoms with Crippen LogP contribution in [0.5, 0.6) is 5.75 Å². The summed E-state index contributed by atoms with van der Waals surface area (Å²) < 4.78 is 45.2. The summed E-state index contributed by atoms with van der Waals surface area (Å²) in [5.41, 5.74) is -0.885. The third kappa shape index (κ3) is 1.86. The van der Waals surface area contributed by atoms with Crippen LogP contribution in [0, 0.1) is 0 Å². The largest absolute Gasteiger partial charge is 0.497 e. The summed E-state index contributed by atoms with van der Waals surface area (Å²) in [5.74, 6) is 0.600. The highest BCUT2D eigenvalue weighted by molar-refractivity contribution is 5.42. The minimum atomic E-state index is -4.30. The summed E-state index contributed by atoms with van der Waals surface area (Å²) in [5, 5.41) is 2.49. The van der Waals surface area contributed by atoms with E-state index in [-0.39, 0.29) is 6.42 Å². The normalized spacial score (nSPS) is 23.6. The van der Waals surface area contributed by atoms with Gasteiger partial charge >= 0.3 is 6.18 Å². The van der Waals surface area contributed by atoms with E-state index >= 15 is 0 Å². The minimum Gasteiger partial charge on any atom is -0.497 e. The molecule has 0 heterocycles. The van der Waals surface area contributed by atoms with Crippen LogP contribution in [0.15, 0.2) is 18.2 Å². The first kappa shape index (κ1) is 13.2. The highest BCUT2D eigenvalue weighted by Gasteiger charge is 2.56. The maximum absolute atomic E-state index is 13.4. The number of nitrogens with one attached hydrogen (secondary N) is 1. The predicted molar refractivity (Wildman–Crippen MR) is 62.7 cm³/mol. The van der Waals surface area contributed by atoms with Crippen molar-refractivity contribution in [3.05, 3.63) is 29.3 Å². The second kappa shape index (κ2) is 4.46. The van der Waals surface area contributed by atoms with E-state index in [2.05, 4.69) is 5.32 Å². The number of ether oxygens (including phenoxy) is 1. The van der Waals surface area contributed by atoms with Gasteiger partial charge in [-0.25, -0.2) is 0 Å². The fourth-order valence-electron chi connectivity index (χ4n) is 2.69. The molecule has 1 aromatic carbocycles. The Morgan fingerprint density at radius 3 is 2.61 bits per heavy atom. The van der Waals surface area contributed by atoms with Crippen LogP contribution in [0.4, 0.5) is 13.2 Å². The van der Waals surface area contributed by atoms with Crippen LogP contribution in [0.1, 0.15) is 24.0 Å². The Kier molecular flexibility index (Phi) is 3.27. The van der Waals surface area contributed by atoms with Crippen LogP contribution in [-0.4, -0.2) is 20.3 Å². The van der Waals surface area contributed by atoms with Crippen molar-refractivity contribution in [2.24, 2.45) is 0 Å². The zero-order chi connectivity index (χ0) is 13.4. The van der Waals surface area contributed by atoms with Crippen molar-refractivity contribution in [3.8, 4) is 5.75 Å². The van der Waals surface area contributed by atoms with Gasteiger partial charge in [-0.15, -0.1) is 0 Å². The maximum atomic E-state index is 13.4. The number of methoxy groups -OCH3 is 1. The molecule has 100 valence electrons. The van der Waals surface area contributed by atoms with E-state index in [0.717, 1.165) is 0 Å². The first-order chi connectivity index (χ1) is 8.44. The number of aryl methyl sites for hydroxylation is 1. The van der Waals surface area contributed by atoms with E-state index in [4.69, 9.17) is 4.74 Å². The molecular weight excluding hydrogens is 243 g/mol. The van der Waals surface area contributed by atoms with E-state index in [1.54, 1.807) is 12.1 Å². The lowest BCUT2D eigenvalue weighted by molar-refractivity contribution is -0.203. The minimum absolute atomic E-state index is 0.0757. The fourth-order valence-corrected chi connectivity index (χ4v) is 2.69. The number of halogens is 3. The molecule has 0 radical (unpaired) electrons. The fraction of sp³-hybridized carbons (Fsp3) is 0.538. The number of benzene rings is 1. The Morgan fingerprint density at radius 1 is 1.33 bits per heavy atom. The van der Waals surface area contributed by atoms with Crippen LogP contribution in [0.2, 0.25) is 0 Å². The summed E-state index contributed by atoms with van der Waals surface area (Å²) in [6, 6.07) is 4.81. The third-order valence-corrected chi connectivity index (χ3v) is 3.68. The molecule has 0 saturated heterocycles. The van der Waals surface area contributed by atoms with Gasteiger partial charge in [0, 0.05) is 0 Å². The average Bonchev–Trinajstić information content (AvgIpc) is 2.35. The zero-order valence-corrected chi connectivity index (χ0v) is 10.4. The summed E-state index contributed by atoms with van der Waals surface area (Å²) in [6.07, 6.45) is -3.05. The van der Waals surface area contributed by atoms with E-state index in [1.165, 1.54) is 20.2 Å². The highest BCUT2D eigenvalue weighted by atomic mass is 19.4. The zero-order valence-electron chi connectivity index (χ0n) is 10.4. The SMILES string of the molecule is CNC1(C(F)(F)F)CCCc2cc(OC)ccc21. The van der Waals surface area contributed by atoms with Gasteiger partial charge in [0.15, 0.2) is 0 Å². The molecule has 0 fully saturated rings. The van der Waals surface area contributed by atoms with E-state index in [9.17, 15) is 13.2 Å². The van der Waals surface area contributed by atoms with E-state index in [0.29, 0.717) is 29.7 Å². The van der Waals surface area contributed by atoms with Gasteiger partial charge in [0.05, 0.1) is 7.11 Å². The smallest absolute Gasteiger partial charge is 0.410 e. The lowest BCUT2D eigenvalue weighted by atomic mass is 9.76. The molecular formula is C13H16F3NO. The molecule has 1 aromatic rings. The van der Waals surface area contributed by atoms with Crippen molar-refractivity contribution in [1.29, 1.82) is 0 Å². The topological polar surface area (TPSA) is 21.3 Å². The maximum Gasteiger partial charge on any atom is 0.410 e. The van der Waals surface area contributed by atoms with Gasteiger partial charge in [0.2, 0.25) is 0 Å². The van der Waals surface area contributed by atoms with Crippen molar-refractivity contribution in [2.45, 2.75) is 31.0 Å². The van der Waals surface area contributed by atoms with Gasteiger partial charge in [-0.05, 0) is 49.6 Å². The van der Waals surface area contributed by atoms with Gasteiger partial charge in [-0.1, -0.05) is 6.07 Å². The molecule has 0 amide bonds. The second-order valence-electron chi connectivity index (χ2n) is 4.53. The molecule has 1 unspecified atom stereocenters. The van der Waals surface area contributed by atoms with Gasteiger partial charge in [-0.2, -0.15) is 13.2 Å². The first-order valence-electron chi connectivity index (χ1n) is 5.87. The summed E-state index contributed by atoms with van der Waals surface area (Å²) in [6.45, 7) is 0. The molecule has 1 atom stereocenters. The number of rotatable bonds is 2. The van der Waals surface area contributed by atoms with Crippen molar-refractivity contribution in [3.63, 3.8) is 0 Å². The van der Waals surface area contributed by atoms with Crippen molar-refractivity contribution in [1.82, 2.24) is 5.32 Å². The van der Waals surface area contributed by atoms with Crippen LogP contribution in [0.25, 0.3) is 0 Å². The highest BCUT2D eigenvalue weighted by Crippen LogP contribution is 2.47. The van der Waals surface area contributed by atoms with Crippen molar-refractivity contribution < 1.29 is 17.9 Å². The lowest BCUT2D eigenvalue weighted by Crippen LogP contribution is -2.54. The number of fused-ring (bicyclic) bond motifs is 1. The second-order valence-corrected chi connectivity index (χ2v) is 4.53. The molecule has 0 aliphatic heterocycles. The lowest BCUT2D eigenvalue weighted by Gasteiger charge is -2.40. The Bertz CT molecular complexity index is 444. The van der Waals surface area contributed by atoms with E-state index in [1.807, 2.05) is 0 Å². The van der Waals surface area contributed by atoms with Crippen LogP contribution in [0.3, 0.4) is 0 Å². The average molecular weight is 259 g/mol. The van der Waals surface area contributed by atoms with E-state index < -0.39 is 11.7 Å². The van der Waals surface area contributed by atoms with Gasteiger partial charge in [0.25, 0.3) is 0 Å². The van der Waals surface area contributed by atoms with Crippen molar-refractivity contribution in [2.75, 3.05) is 14.2 Å². The molecule has 0 spiro atoms. The molecule has 0 saturated carbocycles. The monoisotopic (exact) mass is 259 g/mol. The molecule has 1 aliphatic carbocycles. The number of hydrogen-bond acceptors (Lipinski definition) is 2. The molecule has 1 N–H and O–H groups in total. The van der Waals surface area contributed by atoms with Crippen LogP contribution < -0.4 is 10.1 Å². The molecule has 1 aliphatic rings. The number of hydrogen-bond donors (Lipinski definition) is 1. The van der Waals surface area contributed by atoms with Crippen LogP contribution in [-0.2, 0) is 12.0 Å². The third-order valence-electron chi connectivity index (χ3n) is 3.68. The van der Waals surface area contributed by atoms with Gasteiger partial charge in [0.1, 0.15) is 11.3 Å². The quantitative estimate of drug-likeness (QED) is 0.881. The molecule has 2 nitrogen and oxygen atoms in total.